The van der Waals surface area contributed by atoms with Crippen molar-refractivity contribution in [2.75, 3.05) is 53.2 Å². The molecule has 2 atom stereocenters. The Labute approximate surface area is 121 Å². The Bertz CT molecular complexity index is 249. The molecule has 1 amide bonds. The second kappa shape index (κ2) is 13.3. The first-order chi connectivity index (χ1) is 9.56. The van der Waals surface area contributed by atoms with Crippen LogP contribution in [0.25, 0.3) is 0 Å². The average Bonchev–Trinajstić information content (AvgIpc) is 2.40. The molecule has 0 saturated heterocycles. The number of carbonyl (C=O) groups is 1. The van der Waals surface area contributed by atoms with E-state index in [0.717, 1.165) is 6.54 Å². The first kappa shape index (κ1) is 19.3. The van der Waals surface area contributed by atoms with Crippen LogP contribution in [0.1, 0.15) is 6.92 Å². The number of hydrogen-bond donors (Lipinski definition) is 2. The summed E-state index contributed by atoms with van der Waals surface area (Å²) in [6, 6.07) is 0. The molecule has 6 nitrogen and oxygen atoms in total. The van der Waals surface area contributed by atoms with Gasteiger partial charge in [-0.2, -0.15) is 0 Å². The summed E-state index contributed by atoms with van der Waals surface area (Å²) < 4.78 is 29.0. The van der Waals surface area contributed by atoms with Gasteiger partial charge in [-0.25, -0.2) is 4.39 Å². The maximum atomic E-state index is 13.2. The summed E-state index contributed by atoms with van der Waals surface area (Å²) in [7, 11) is 6.68. The molecule has 0 bridgehead atoms. The Morgan fingerprint density at radius 3 is 2.65 bits per heavy atom. The molecule has 0 rings (SSSR count). The third-order valence-electron chi connectivity index (χ3n) is 2.28. The molecule has 0 saturated carbocycles. The maximum Gasteiger partial charge on any atom is 0.200 e. The van der Waals surface area contributed by atoms with Gasteiger partial charge in [-0.15, -0.1) is 0 Å². The topological polar surface area (TPSA) is 68.8 Å². The predicted octanol–water partition coefficient (Wildman–Crippen LogP) is -0.140. The quantitative estimate of drug-likeness (QED) is 0.365. The number of likely N-dealkylation sites (N-methyl/N-ethyl adjacent to an activating group) is 1. The maximum absolute atomic E-state index is 13.2. The van der Waals surface area contributed by atoms with Crippen LogP contribution in [0, 0.1) is 0 Å². The van der Waals surface area contributed by atoms with E-state index in [4.69, 9.17) is 22.1 Å². The van der Waals surface area contributed by atoms with Crippen LogP contribution >= 0.6 is 0 Å². The van der Waals surface area contributed by atoms with Crippen LogP contribution in [0.3, 0.4) is 0 Å². The van der Waals surface area contributed by atoms with Crippen molar-refractivity contribution in [2.24, 2.45) is 0 Å². The Morgan fingerprint density at radius 2 is 2.00 bits per heavy atom. The summed E-state index contributed by atoms with van der Waals surface area (Å²) in [5.41, 5.74) is 0. The van der Waals surface area contributed by atoms with Crippen LogP contribution in [-0.4, -0.2) is 79.1 Å². The monoisotopic (exact) mass is 290 g/mol. The van der Waals surface area contributed by atoms with E-state index in [9.17, 15) is 9.18 Å². The fraction of sp³-hybridized carbons (Fsp3) is 0.917. The Kier molecular flexibility index (Phi) is 12.8. The molecule has 2 radical (unpaired) electrons. The Morgan fingerprint density at radius 1 is 1.25 bits per heavy atom. The van der Waals surface area contributed by atoms with Gasteiger partial charge in [0.25, 0.3) is 0 Å². The van der Waals surface area contributed by atoms with Gasteiger partial charge in [0.2, 0.25) is 0 Å². The third kappa shape index (κ3) is 13.7. The van der Waals surface area contributed by atoms with E-state index in [1.807, 2.05) is 14.0 Å². The zero-order valence-corrected chi connectivity index (χ0v) is 12.2. The van der Waals surface area contributed by atoms with Gasteiger partial charge in [0, 0.05) is 6.54 Å². The Balaban J connectivity index is 3.35. The third-order valence-corrected chi connectivity index (χ3v) is 2.28. The highest BCUT2D eigenvalue weighted by Gasteiger charge is 2.09. The molecule has 0 fully saturated rings. The number of rotatable bonds is 13. The normalized spacial score (nSPS) is 13.9. The van der Waals surface area contributed by atoms with Gasteiger partial charge in [0.15, 0.2) is 13.7 Å². The van der Waals surface area contributed by atoms with Gasteiger partial charge in [0.1, 0.15) is 6.17 Å². The van der Waals surface area contributed by atoms with E-state index >= 15 is 0 Å². The summed E-state index contributed by atoms with van der Waals surface area (Å²) in [5, 5.41) is 5.14. The van der Waals surface area contributed by atoms with Gasteiger partial charge < -0.3 is 24.8 Å². The van der Waals surface area contributed by atoms with Crippen molar-refractivity contribution in [3.05, 3.63) is 0 Å². The van der Waals surface area contributed by atoms with Crippen LogP contribution < -0.4 is 10.6 Å². The molecule has 116 valence electrons. The van der Waals surface area contributed by atoms with E-state index in [0.29, 0.717) is 19.8 Å². The highest BCUT2D eigenvalue weighted by atomic mass is 19.1. The van der Waals surface area contributed by atoms with Crippen molar-refractivity contribution >= 4 is 13.7 Å². The SMILES string of the molecule is [B]C(=O)NCC(F)COCC(C)OCCOCCNC. The lowest BCUT2D eigenvalue weighted by atomic mass is 10.1. The molecule has 0 aromatic carbocycles. The van der Waals surface area contributed by atoms with Crippen LogP contribution in [0.5, 0.6) is 0 Å². The van der Waals surface area contributed by atoms with Crippen LogP contribution in [0.2, 0.25) is 0 Å². The molecular formula is C12H24BFN2O4. The van der Waals surface area contributed by atoms with E-state index in [1.165, 1.54) is 0 Å². The van der Waals surface area contributed by atoms with Crippen molar-refractivity contribution in [1.29, 1.82) is 0 Å². The van der Waals surface area contributed by atoms with Gasteiger partial charge >= 0.3 is 0 Å². The predicted molar refractivity (Wildman–Crippen MR) is 75.0 cm³/mol. The standard InChI is InChI=1S/C12H24BFN2O4/c1-10(20-6-5-18-4-3-15-2)8-19-9-11(14)7-16-12(13)17/h10-11,15H,3-9H2,1-2H3,(H,16,17). The molecule has 2 unspecified atom stereocenters. The summed E-state index contributed by atoms with van der Waals surface area (Å²) >= 11 is 0. The molecule has 0 aromatic heterocycles. The summed E-state index contributed by atoms with van der Waals surface area (Å²) in [6.45, 7) is 4.29. The molecule has 20 heavy (non-hydrogen) atoms. The summed E-state index contributed by atoms with van der Waals surface area (Å²) in [6.07, 6.45) is -1.42. The van der Waals surface area contributed by atoms with E-state index in [1.54, 1.807) is 0 Å². The first-order valence-electron chi connectivity index (χ1n) is 6.65. The zero-order chi connectivity index (χ0) is 15.2. The number of nitrogens with one attached hydrogen (secondary N) is 2. The number of carbonyl (C=O) groups excluding carboxylic acids is 1. The number of halogens is 1. The molecule has 8 heteroatoms. The van der Waals surface area contributed by atoms with E-state index in [2.05, 4.69) is 10.6 Å². The minimum atomic E-state index is -1.28. The van der Waals surface area contributed by atoms with Crippen molar-refractivity contribution in [1.82, 2.24) is 10.6 Å². The van der Waals surface area contributed by atoms with Crippen molar-refractivity contribution in [2.45, 2.75) is 19.2 Å². The molecular weight excluding hydrogens is 266 g/mol. The number of amides is 1. The molecule has 0 aliphatic carbocycles. The first-order valence-corrected chi connectivity index (χ1v) is 6.65. The van der Waals surface area contributed by atoms with Crippen molar-refractivity contribution in [3.8, 4) is 0 Å². The van der Waals surface area contributed by atoms with Crippen molar-refractivity contribution < 1.29 is 23.4 Å². The minimum absolute atomic E-state index is 0.105. The second-order valence-corrected chi connectivity index (χ2v) is 4.28. The minimum Gasteiger partial charge on any atom is -0.378 e. The van der Waals surface area contributed by atoms with Gasteiger partial charge in [-0.1, -0.05) is 0 Å². The van der Waals surface area contributed by atoms with Gasteiger partial charge in [-0.05, 0) is 14.0 Å². The number of hydrogen-bond acceptors (Lipinski definition) is 5. The largest absolute Gasteiger partial charge is 0.378 e. The second-order valence-electron chi connectivity index (χ2n) is 4.28. The summed E-state index contributed by atoms with van der Waals surface area (Å²) in [5.74, 6) is -0.748. The molecule has 0 aliphatic rings. The van der Waals surface area contributed by atoms with E-state index in [-0.39, 0.29) is 25.9 Å². The van der Waals surface area contributed by atoms with Gasteiger partial charge in [0.05, 0.1) is 45.7 Å². The number of alkyl halides is 1. The lowest BCUT2D eigenvalue weighted by molar-refractivity contribution is -0.0370. The van der Waals surface area contributed by atoms with Gasteiger partial charge in [-0.3, -0.25) is 4.79 Å². The Hall–Kier alpha value is -0.695. The molecule has 0 aliphatic heterocycles. The molecule has 0 heterocycles. The highest BCUT2D eigenvalue weighted by molar-refractivity contribution is 6.57. The van der Waals surface area contributed by atoms with Crippen LogP contribution in [-0.2, 0) is 14.2 Å². The molecule has 2 N–H and O–H groups in total. The molecule has 0 aromatic rings. The lowest BCUT2D eigenvalue weighted by Gasteiger charge is -2.15. The highest BCUT2D eigenvalue weighted by Crippen LogP contribution is 1.96. The number of ether oxygens (including phenoxy) is 3. The lowest BCUT2D eigenvalue weighted by Crippen LogP contribution is -2.32. The fourth-order valence-electron chi connectivity index (χ4n) is 1.26. The van der Waals surface area contributed by atoms with Crippen LogP contribution in [0.4, 0.5) is 9.18 Å². The van der Waals surface area contributed by atoms with E-state index < -0.39 is 12.0 Å². The van der Waals surface area contributed by atoms with Crippen LogP contribution in [0.15, 0.2) is 0 Å². The average molecular weight is 290 g/mol. The fourth-order valence-corrected chi connectivity index (χ4v) is 1.26. The smallest absolute Gasteiger partial charge is 0.200 e. The van der Waals surface area contributed by atoms with Crippen molar-refractivity contribution in [3.63, 3.8) is 0 Å². The summed E-state index contributed by atoms with van der Waals surface area (Å²) in [4.78, 5) is 10.4. The molecule has 0 spiro atoms. The zero-order valence-electron chi connectivity index (χ0n) is 12.2.